The highest BCUT2D eigenvalue weighted by atomic mass is 35.5. The zero-order valence-electron chi connectivity index (χ0n) is 7.28. The van der Waals surface area contributed by atoms with E-state index in [-0.39, 0.29) is 0 Å². The molecule has 1 aromatic rings. The third-order valence-electron chi connectivity index (χ3n) is 2.09. The minimum atomic E-state index is 0.686. The number of anilines is 1. The molecule has 2 rings (SSSR count). The van der Waals surface area contributed by atoms with E-state index in [2.05, 4.69) is 15.2 Å². The summed E-state index contributed by atoms with van der Waals surface area (Å²) in [6.45, 7) is 3.75. The van der Waals surface area contributed by atoms with Crippen molar-refractivity contribution >= 4 is 17.4 Å². The second-order valence-corrected chi connectivity index (χ2v) is 3.43. The molecule has 1 aromatic heterocycles. The second-order valence-electron chi connectivity index (χ2n) is 2.99. The monoisotopic (exact) mass is 196 g/mol. The Hall–Kier alpha value is -0.800. The molecule has 1 fully saturated rings. The lowest BCUT2D eigenvalue weighted by molar-refractivity contribution is 0.575. The Morgan fingerprint density at radius 2 is 2.00 bits per heavy atom. The van der Waals surface area contributed by atoms with E-state index in [0.29, 0.717) is 5.02 Å². The zero-order chi connectivity index (χ0) is 9.10. The first kappa shape index (κ1) is 8.78. The van der Waals surface area contributed by atoms with Gasteiger partial charge in [-0.1, -0.05) is 11.6 Å². The van der Waals surface area contributed by atoms with Crippen LogP contribution in [0.15, 0.2) is 18.3 Å². The van der Waals surface area contributed by atoms with Crippen LogP contribution in [0.25, 0.3) is 0 Å². The van der Waals surface area contributed by atoms with Crippen LogP contribution in [0.5, 0.6) is 0 Å². The van der Waals surface area contributed by atoms with Crippen LogP contribution in [0, 0.1) is 0 Å². The minimum absolute atomic E-state index is 0.686. The minimum Gasteiger partial charge on any atom is -0.354 e. The van der Waals surface area contributed by atoms with E-state index in [4.69, 9.17) is 11.6 Å². The van der Waals surface area contributed by atoms with Crippen LogP contribution in [0.2, 0.25) is 5.02 Å². The van der Waals surface area contributed by atoms with Crippen LogP contribution < -0.4 is 10.2 Å². The average Bonchev–Trinajstić information content (AvgIpc) is 2.20. The van der Waals surface area contributed by atoms with Crippen molar-refractivity contribution in [3.63, 3.8) is 0 Å². The lowest BCUT2D eigenvalue weighted by Crippen LogP contribution is -2.40. The van der Waals surface area contributed by atoms with Crippen LogP contribution in [0.1, 0.15) is 0 Å². The van der Waals surface area contributed by atoms with Gasteiger partial charge in [-0.25, -0.2) is 10.3 Å². The molecule has 3 nitrogen and oxygen atoms in total. The molecule has 4 heteroatoms. The number of aromatic nitrogens is 1. The van der Waals surface area contributed by atoms with E-state index in [0.717, 1.165) is 32.0 Å². The van der Waals surface area contributed by atoms with Crippen molar-refractivity contribution in [1.29, 1.82) is 0 Å². The van der Waals surface area contributed by atoms with Gasteiger partial charge < -0.3 is 4.90 Å². The van der Waals surface area contributed by atoms with Gasteiger partial charge in [0.05, 0.1) is 5.02 Å². The summed E-state index contributed by atoms with van der Waals surface area (Å²) < 4.78 is 0. The molecular formula is C9H11ClN3. The maximum atomic E-state index is 5.75. The molecule has 1 aliphatic heterocycles. The first-order valence-electron chi connectivity index (χ1n) is 4.36. The molecule has 0 atom stereocenters. The summed E-state index contributed by atoms with van der Waals surface area (Å²) in [5.41, 5.74) is 0. The van der Waals surface area contributed by atoms with Gasteiger partial charge in [0.2, 0.25) is 0 Å². The van der Waals surface area contributed by atoms with Crippen molar-refractivity contribution in [3.8, 4) is 0 Å². The van der Waals surface area contributed by atoms with Gasteiger partial charge in [0.25, 0.3) is 0 Å². The van der Waals surface area contributed by atoms with E-state index < -0.39 is 0 Å². The third kappa shape index (κ3) is 2.11. The number of pyridine rings is 1. The van der Waals surface area contributed by atoms with E-state index in [1.54, 1.807) is 6.20 Å². The number of hydrogen-bond acceptors (Lipinski definition) is 2. The summed E-state index contributed by atoms with van der Waals surface area (Å²) in [5, 5.41) is 4.96. The molecule has 1 radical (unpaired) electrons. The fourth-order valence-corrected chi connectivity index (χ4v) is 1.50. The standard InChI is InChI=1S/C9H11ClN3/c10-8-1-2-9(12-7-8)13-5-3-11-4-6-13/h1-2,7H,3-6H2. The van der Waals surface area contributed by atoms with Gasteiger partial charge in [-0.05, 0) is 12.1 Å². The van der Waals surface area contributed by atoms with E-state index in [9.17, 15) is 0 Å². The number of piperazine rings is 1. The number of halogens is 1. The Labute approximate surface area is 82.7 Å². The second kappa shape index (κ2) is 3.94. The quantitative estimate of drug-likeness (QED) is 0.675. The Kier molecular flexibility index (Phi) is 2.66. The fraction of sp³-hybridized carbons (Fsp3) is 0.444. The van der Waals surface area contributed by atoms with Gasteiger partial charge in [-0.15, -0.1) is 0 Å². The highest BCUT2D eigenvalue weighted by Gasteiger charge is 2.11. The van der Waals surface area contributed by atoms with Crippen molar-refractivity contribution in [2.45, 2.75) is 0 Å². The lowest BCUT2D eigenvalue weighted by Gasteiger charge is -2.27. The molecule has 1 saturated heterocycles. The SMILES string of the molecule is Clc1ccc(N2CC[N]CC2)nc1. The van der Waals surface area contributed by atoms with Gasteiger partial charge in [-0.3, -0.25) is 0 Å². The molecule has 0 spiro atoms. The first-order chi connectivity index (χ1) is 6.36. The summed E-state index contributed by atoms with van der Waals surface area (Å²) in [4.78, 5) is 6.48. The Morgan fingerprint density at radius 1 is 1.23 bits per heavy atom. The van der Waals surface area contributed by atoms with Gasteiger partial charge in [0.1, 0.15) is 5.82 Å². The van der Waals surface area contributed by atoms with Gasteiger partial charge in [0, 0.05) is 32.4 Å². The molecule has 1 aliphatic rings. The molecule has 0 amide bonds. The number of rotatable bonds is 1. The molecule has 0 unspecified atom stereocenters. The Balaban J connectivity index is 2.10. The van der Waals surface area contributed by atoms with Crippen LogP contribution in [-0.4, -0.2) is 31.2 Å². The summed E-state index contributed by atoms with van der Waals surface area (Å²) in [5.74, 6) is 0.999. The zero-order valence-corrected chi connectivity index (χ0v) is 8.04. The van der Waals surface area contributed by atoms with Crippen molar-refractivity contribution in [1.82, 2.24) is 10.3 Å². The van der Waals surface area contributed by atoms with Crippen LogP contribution in [0.3, 0.4) is 0 Å². The molecule has 0 aliphatic carbocycles. The van der Waals surface area contributed by atoms with E-state index >= 15 is 0 Å². The predicted molar refractivity (Wildman–Crippen MR) is 53.3 cm³/mol. The molecule has 0 bridgehead atoms. The highest BCUT2D eigenvalue weighted by Crippen LogP contribution is 2.14. The first-order valence-corrected chi connectivity index (χ1v) is 4.74. The van der Waals surface area contributed by atoms with Crippen molar-refractivity contribution < 1.29 is 0 Å². The normalized spacial score (nSPS) is 17.5. The molecule has 69 valence electrons. The maximum absolute atomic E-state index is 5.75. The Morgan fingerprint density at radius 3 is 2.62 bits per heavy atom. The van der Waals surface area contributed by atoms with Crippen LogP contribution in [-0.2, 0) is 0 Å². The van der Waals surface area contributed by atoms with Gasteiger partial charge >= 0.3 is 0 Å². The molecule has 2 heterocycles. The largest absolute Gasteiger partial charge is 0.354 e. The summed E-state index contributed by atoms with van der Waals surface area (Å²) >= 11 is 5.75. The third-order valence-corrected chi connectivity index (χ3v) is 2.32. The number of hydrogen-bond donors (Lipinski definition) is 0. The van der Waals surface area contributed by atoms with Gasteiger partial charge in [-0.2, -0.15) is 0 Å². The van der Waals surface area contributed by atoms with E-state index in [1.807, 2.05) is 12.1 Å². The topological polar surface area (TPSA) is 30.2 Å². The summed E-state index contributed by atoms with van der Waals surface area (Å²) in [6.07, 6.45) is 1.68. The molecule has 0 saturated carbocycles. The molecular weight excluding hydrogens is 186 g/mol. The smallest absolute Gasteiger partial charge is 0.128 e. The van der Waals surface area contributed by atoms with Crippen LogP contribution >= 0.6 is 11.6 Å². The van der Waals surface area contributed by atoms with Crippen molar-refractivity contribution in [2.24, 2.45) is 0 Å². The van der Waals surface area contributed by atoms with Crippen molar-refractivity contribution in [2.75, 3.05) is 31.1 Å². The Bertz CT molecular complexity index is 267. The maximum Gasteiger partial charge on any atom is 0.128 e. The van der Waals surface area contributed by atoms with Crippen LogP contribution in [0.4, 0.5) is 5.82 Å². The average molecular weight is 197 g/mol. The summed E-state index contributed by atoms with van der Waals surface area (Å²) in [7, 11) is 0. The predicted octanol–water partition coefficient (Wildman–Crippen LogP) is 1.16. The summed E-state index contributed by atoms with van der Waals surface area (Å²) in [6, 6.07) is 3.82. The fourth-order valence-electron chi connectivity index (χ4n) is 1.39. The van der Waals surface area contributed by atoms with Gasteiger partial charge in [0.15, 0.2) is 0 Å². The van der Waals surface area contributed by atoms with E-state index in [1.165, 1.54) is 0 Å². The highest BCUT2D eigenvalue weighted by molar-refractivity contribution is 6.30. The lowest BCUT2D eigenvalue weighted by atomic mass is 10.3. The van der Waals surface area contributed by atoms with Crippen molar-refractivity contribution in [3.05, 3.63) is 23.4 Å². The number of nitrogens with zero attached hydrogens (tertiary/aromatic N) is 3. The molecule has 0 aromatic carbocycles. The molecule has 13 heavy (non-hydrogen) atoms. The molecule has 0 N–H and O–H groups in total.